The van der Waals surface area contributed by atoms with Crippen LogP contribution in [0, 0.1) is 10.1 Å². The average Bonchev–Trinajstić information content (AvgIpc) is 2.61. The smallest absolute Gasteiger partial charge is 0.269 e. The van der Waals surface area contributed by atoms with Crippen LogP contribution in [-0.4, -0.2) is 24.0 Å². The molecule has 3 rings (SSSR count). The fourth-order valence-electron chi connectivity index (χ4n) is 2.74. The number of non-ortho nitro benzene ring substituents is 1. The predicted octanol–water partition coefficient (Wildman–Crippen LogP) is 3.44. The zero-order chi connectivity index (χ0) is 18.7. The van der Waals surface area contributed by atoms with E-state index in [0.717, 1.165) is 0 Å². The second kappa shape index (κ2) is 7.61. The Balaban J connectivity index is 1.68. The minimum atomic E-state index is -0.463. The van der Waals surface area contributed by atoms with E-state index in [-0.39, 0.29) is 24.1 Å². The molecule has 0 fully saturated rings. The molecule has 1 amide bonds. The average molecular weight is 377 g/mol. The molecule has 0 saturated carbocycles. The number of amides is 1. The Hall–Kier alpha value is -2.80. The first kappa shape index (κ1) is 18.0. The minimum Gasteiger partial charge on any atom is -0.486 e. The maximum absolute atomic E-state index is 12.3. The Kier molecular flexibility index (Phi) is 5.27. The first-order valence-corrected chi connectivity index (χ1v) is 8.43. The molecule has 1 heterocycles. The number of halogens is 1. The van der Waals surface area contributed by atoms with Crippen LogP contribution in [0.3, 0.4) is 0 Å². The zero-order valence-corrected chi connectivity index (χ0v) is 14.8. The molecule has 1 atom stereocenters. The summed E-state index contributed by atoms with van der Waals surface area (Å²) in [6.45, 7) is 2.64. The van der Waals surface area contributed by atoms with Crippen molar-refractivity contribution in [3.8, 4) is 11.5 Å². The van der Waals surface area contributed by atoms with Crippen LogP contribution in [0.25, 0.3) is 0 Å². The Morgan fingerprint density at radius 1 is 1.31 bits per heavy atom. The molecule has 26 heavy (non-hydrogen) atoms. The summed E-state index contributed by atoms with van der Waals surface area (Å²) in [5, 5.41) is 14.1. The summed E-state index contributed by atoms with van der Waals surface area (Å²) < 4.78 is 11.0. The normalized spacial score (nSPS) is 13.8. The van der Waals surface area contributed by atoms with Crippen molar-refractivity contribution in [2.24, 2.45) is 0 Å². The van der Waals surface area contributed by atoms with Gasteiger partial charge in [0.2, 0.25) is 5.91 Å². The highest BCUT2D eigenvalue weighted by Gasteiger charge is 2.19. The number of nitrogens with one attached hydrogen (secondary N) is 1. The van der Waals surface area contributed by atoms with Crippen molar-refractivity contribution < 1.29 is 19.2 Å². The van der Waals surface area contributed by atoms with Gasteiger partial charge in [0.1, 0.15) is 13.2 Å². The van der Waals surface area contributed by atoms with Gasteiger partial charge in [-0.3, -0.25) is 14.9 Å². The summed E-state index contributed by atoms with van der Waals surface area (Å²) in [7, 11) is 0. The van der Waals surface area contributed by atoms with Crippen molar-refractivity contribution in [1.29, 1.82) is 0 Å². The van der Waals surface area contributed by atoms with Crippen molar-refractivity contribution in [2.75, 3.05) is 13.2 Å². The van der Waals surface area contributed by atoms with Crippen molar-refractivity contribution in [3.05, 3.63) is 62.7 Å². The number of rotatable bonds is 5. The number of fused-ring (bicyclic) bond motifs is 1. The Labute approximate surface area is 155 Å². The minimum absolute atomic E-state index is 0.0118. The van der Waals surface area contributed by atoms with Crippen LogP contribution in [0.4, 0.5) is 5.69 Å². The SMILES string of the molecule is CC(NC(=O)Cc1cc(Cl)c2c(c1)OCCO2)c1cccc([N+](=O)[O-])c1. The van der Waals surface area contributed by atoms with Crippen molar-refractivity contribution in [1.82, 2.24) is 5.32 Å². The molecule has 7 nitrogen and oxygen atoms in total. The molecule has 1 N–H and O–H groups in total. The van der Waals surface area contributed by atoms with E-state index in [2.05, 4.69) is 5.32 Å². The number of hydrogen-bond donors (Lipinski definition) is 1. The number of hydrogen-bond acceptors (Lipinski definition) is 5. The van der Waals surface area contributed by atoms with Gasteiger partial charge < -0.3 is 14.8 Å². The second-order valence-electron chi connectivity index (χ2n) is 5.92. The topological polar surface area (TPSA) is 90.7 Å². The van der Waals surface area contributed by atoms with E-state index in [0.29, 0.717) is 40.9 Å². The van der Waals surface area contributed by atoms with Gasteiger partial charge in [-0.2, -0.15) is 0 Å². The van der Waals surface area contributed by atoms with Gasteiger partial charge in [-0.1, -0.05) is 23.7 Å². The van der Waals surface area contributed by atoms with E-state index < -0.39 is 4.92 Å². The molecule has 8 heteroatoms. The summed E-state index contributed by atoms with van der Waals surface area (Å²) in [6.07, 6.45) is 0.107. The van der Waals surface area contributed by atoms with E-state index in [1.165, 1.54) is 12.1 Å². The summed E-state index contributed by atoms with van der Waals surface area (Å²) in [5.74, 6) is 0.794. The quantitative estimate of drug-likeness (QED) is 0.637. The van der Waals surface area contributed by atoms with Gasteiger partial charge in [0, 0.05) is 12.1 Å². The van der Waals surface area contributed by atoms with Crippen LogP contribution in [0.15, 0.2) is 36.4 Å². The molecule has 1 aliphatic heterocycles. The van der Waals surface area contributed by atoms with E-state index in [1.54, 1.807) is 31.2 Å². The fourth-order valence-corrected chi connectivity index (χ4v) is 3.02. The molecule has 0 spiro atoms. The summed E-state index contributed by atoms with van der Waals surface area (Å²) in [5.41, 5.74) is 1.35. The van der Waals surface area contributed by atoms with Gasteiger partial charge >= 0.3 is 0 Å². The lowest BCUT2D eigenvalue weighted by Crippen LogP contribution is -2.28. The van der Waals surface area contributed by atoms with Crippen LogP contribution in [0.2, 0.25) is 5.02 Å². The summed E-state index contributed by atoms with van der Waals surface area (Å²) >= 11 is 6.18. The molecule has 0 radical (unpaired) electrons. The van der Waals surface area contributed by atoms with E-state index >= 15 is 0 Å². The van der Waals surface area contributed by atoms with Gasteiger partial charge in [0.15, 0.2) is 11.5 Å². The van der Waals surface area contributed by atoms with Crippen LogP contribution in [-0.2, 0) is 11.2 Å². The first-order valence-electron chi connectivity index (χ1n) is 8.06. The monoisotopic (exact) mass is 376 g/mol. The number of nitrogens with zero attached hydrogens (tertiary/aromatic N) is 1. The molecule has 0 aromatic heterocycles. The van der Waals surface area contributed by atoms with Crippen LogP contribution in [0.1, 0.15) is 24.1 Å². The third kappa shape index (κ3) is 4.05. The number of nitro benzene ring substituents is 1. The Bertz CT molecular complexity index is 855. The lowest BCUT2D eigenvalue weighted by Gasteiger charge is -2.20. The highest BCUT2D eigenvalue weighted by Crippen LogP contribution is 2.38. The molecule has 1 unspecified atom stereocenters. The lowest BCUT2D eigenvalue weighted by atomic mass is 10.1. The first-order chi connectivity index (χ1) is 12.4. The van der Waals surface area contributed by atoms with Gasteiger partial charge in [0.25, 0.3) is 5.69 Å². The lowest BCUT2D eigenvalue weighted by molar-refractivity contribution is -0.384. The highest BCUT2D eigenvalue weighted by molar-refractivity contribution is 6.32. The van der Waals surface area contributed by atoms with Crippen molar-refractivity contribution in [2.45, 2.75) is 19.4 Å². The van der Waals surface area contributed by atoms with Gasteiger partial charge in [-0.15, -0.1) is 0 Å². The Morgan fingerprint density at radius 3 is 2.85 bits per heavy atom. The summed E-state index contributed by atoms with van der Waals surface area (Å²) in [6, 6.07) is 9.23. The third-order valence-corrected chi connectivity index (χ3v) is 4.26. The molecular weight excluding hydrogens is 360 g/mol. The number of ether oxygens (including phenoxy) is 2. The third-order valence-electron chi connectivity index (χ3n) is 3.98. The molecule has 2 aromatic carbocycles. The number of benzene rings is 2. The molecule has 0 bridgehead atoms. The molecule has 0 saturated heterocycles. The molecule has 0 aliphatic carbocycles. The van der Waals surface area contributed by atoms with Gasteiger partial charge in [-0.25, -0.2) is 0 Å². The number of carbonyl (C=O) groups is 1. The molecular formula is C18H17ClN2O5. The van der Waals surface area contributed by atoms with Gasteiger partial charge in [-0.05, 0) is 30.2 Å². The van der Waals surface area contributed by atoms with Crippen LogP contribution < -0.4 is 14.8 Å². The standard InChI is InChI=1S/C18H17ClN2O5/c1-11(13-3-2-4-14(10-13)21(23)24)20-17(22)9-12-7-15(19)18-16(8-12)25-5-6-26-18/h2-4,7-8,10-11H,5-6,9H2,1H3,(H,20,22). The maximum atomic E-state index is 12.3. The molecule has 2 aromatic rings. The molecule has 1 aliphatic rings. The van der Waals surface area contributed by atoms with E-state index in [9.17, 15) is 14.9 Å². The Morgan fingerprint density at radius 2 is 2.08 bits per heavy atom. The largest absolute Gasteiger partial charge is 0.486 e. The van der Waals surface area contributed by atoms with Crippen molar-refractivity contribution >= 4 is 23.2 Å². The van der Waals surface area contributed by atoms with E-state index in [1.807, 2.05) is 0 Å². The number of carbonyl (C=O) groups excluding carboxylic acids is 1. The molecule has 136 valence electrons. The van der Waals surface area contributed by atoms with Crippen LogP contribution in [0.5, 0.6) is 11.5 Å². The van der Waals surface area contributed by atoms with Gasteiger partial charge in [0.05, 0.1) is 22.4 Å². The highest BCUT2D eigenvalue weighted by atomic mass is 35.5. The second-order valence-corrected chi connectivity index (χ2v) is 6.33. The maximum Gasteiger partial charge on any atom is 0.269 e. The van der Waals surface area contributed by atoms with Crippen molar-refractivity contribution in [3.63, 3.8) is 0 Å². The van der Waals surface area contributed by atoms with Crippen LogP contribution >= 0.6 is 11.6 Å². The van der Waals surface area contributed by atoms with E-state index in [4.69, 9.17) is 21.1 Å². The summed E-state index contributed by atoms with van der Waals surface area (Å²) in [4.78, 5) is 22.7. The fraction of sp³-hybridized carbons (Fsp3) is 0.278. The number of nitro groups is 1. The predicted molar refractivity (Wildman–Crippen MR) is 95.8 cm³/mol. The zero-order valence-electron chi connectivity index (χ0n) is 14.0.